The zero-order valence-electron chi connectivity index (χ0n) is 12.2. The number of carbonyl (C=O) groups excluding carboxylic acids is 1. The van der Waals surface area contributed by atoms with E-state index in [9.17, 15) is 4.79 Å². The summed E-state index contributed by atoms with van der Waals surface area (Å²) in [5.41, 5.74) is 0.973. The number of rotatable bonds is 2. The summed E-state index contributed by atoms with van der Waals surface area (Å²) in [4.78, 5) is 21.7. The number of nitrogens with zero attached hydrogens (tertiary/aromatic N) is 5. The second kappa shape index (κ2) is 5.24. The number of fused-ring (bicyclic) bond motifs is 1. The van der Waals surface area contributed by atoms with Gasteiger partial charge in [0.1, 0.15) is 10.3 Å². The highest BCUT2D eigenvalue weighted by Crippen LogP contribution is 2.30. The second-order valence-corrected chi connectivity index (χ2v) is 7.21. The van der Waals surface area contributed by atoms with Crippen LogP contribution in [0, 0.1) is 6.92 Å². The molecule has 3 aromatic heterocycles. The first-order chi connectivity index (χ1) is 11.0. The van der Waals surface area contributed by atoms with Gasteiger partial charge in [0, 0.05) is 17.0 Å². The van der Waals surface area contributed by atoms with E-state index >= 15 is 0 Å². The predicted octanol–water partition coefficient (Wildman–Crippen LogP) is 2.26. The third-order valence-corrected chi connectivity index (χ3v) is 5.41. The Balaban J connectivity index is 1.70. The molecule has 1 aliphatic heterocycles. The van der Waals surface area contributed by atoms with Gasteiger partial charge in [-0.1, -0.05) is 5.16 Å². The minimum Gasteiger partial charge on any atom is -0.346 e. The lowest BCUT2D eigenvalue weighted by Crippen LogP contribution is -2.42. The molecular formula is C13H11BrN6O2S. The normalized spacial score (nSPS) is 17.2. The van der Waals surface area contributed by atoms with Crippen molar-refractivity contribution in [2.24, 2.45) is 0 Å². The zero-order valence-corrected chi connectivity index (χ0v) is 14.6. The second-order valence-electron chi connectivity index (χ2n) is 5.26. The highest BCUT2D eigenvalue weighted by atomic mass is 79.9. The molecular weight excluding hydrogens is 384 g/mol. The maximum absolute atomic E-state index is 12.0. The molecule has 0 aliphatic carbocycles. The molecule has 0 radical (unpaired) electrons. The molecule has 0 spiro atoms. The third-order valence-electron chi connectivity index (χ3n) is 3.41. The number of aromatic nitrogens is 5. The summed E-state index contributed by atoms with van der Waals surface area (Å²) < 4.78 is 7.71. The summed E-state index contributed by atoms with van der Waals surface area (Å²) in [7, 11) is 0. The number of amides is 1. The van der Waals surface area contributed by atoms with E-state index in [2.05, 4.69) is 41.5 Å². The van der Waals surface area contributed by atoms with Crippen LogP contribution in [0.3, 0.4) is 0 Å². The van der Waals surface area contributed by atoms with Gasteiger partial charge in [0.15, 0.2) is 10.7 Å². The molecule has 3 aromatic rings. The molecule has 0 bridgehead atoms. The van der Waals surface area contributed by atoms with Gasteiger partial charge in [-0.25, -0.2) is 4.98 Å². The standard InChI is InChI=1S/C13H11BrN6O2S/c1-5-4-20-8(11(21)15-5)3-7(18-20)12-17-10(19-22-12)13-16-9(14)6(2)23-13/h3,5H,4H2,1-2H3,(H,15,21). The number of carbonyl (C=O) groups is 1. The van der Waals surface area contributed by atoms with Crippen LogP contribution in [0.5, 0.6) is 0 Å². The molecule has 23 heavy (non-hydrogen) atoms. The Hall–Kier alpha value is -2.07. The molecule has 118 valence electrons. The monoisotopic (exact) mass is 394 g/mol. The summed E-state index contributed by atoms with van der Waals surface area (Å²) in [6.07, 6.45) is 0. The fourth-order valence-electron chi connectivity index (χ4n) is 2.33. The Kier molecular flexibility index (Phi) is 3.31. The summed E-state index contributed by atoms with van der Waals surface area (Å²) in [6, 6.07) is 1.69. The summed E-state index contributed by atoms with van der Waals surface area (Å²) >= 11 is 4.84. The van der Waals surface area contributed by atoms with Gasteiger partial charge in [0.05, 0.1) is 6.54 Å². The SMILES string of the molecule is Cc1sc(-c2noc(-c3cc4n(n3)CC(C)NC4=O)n2)nc1Br. The van der Waals surface area contributed by atoms with Crippen molar-refractivity contribution in [3.63, 3.8) is 0 Å². The Labute approximate surface area is 143 Å². The fourth-order valence-corrected chi connectivity index (χ4v) is 3.60. The first-order valence-electron chi connectivity index (χ1n) is 6.87. The van der Waals surface area contributed by atoms with E-state index < -0.39 is 0 Å². The van der Waals surface area contributed by atoms with Crippen molar-refractivity contribution in [3.8, 4) is 22.4 Å². The van der Waals surface area contributed by atoms with Gasteiger partial charge in [-0.05, 0) is 29.8 Å². The number of nitrogens with one attached hydrogen (secondary N) is 1. The molecule has 1 atom stereocenters. The zero-order chi connectivity index (χ0) is 16.1. The molecule has 0 saturated heterocycles. The number of hydrogen-bond acceptors (Lipinski definition) is 7. The molecule has 8 nitrogen and oxygen atoms in total. The van der Waals surface area contributed by atoms with Crippen molar-refractivity contribution >= 4 is 33.2 Å². The van der Waals surface area contributed by atoms with E-state index in [-0.39, 0.29) is 17.8 Å². The predicted molar refractivity (Wildman–Crippen MR) is 86.0 cm³/mol. The van der Waals surface area contributed by atoms with Crippen LogP contribution in [-0.4, -0.2) is 36.9 Å². The van der Waals surface area contributed by atoms with Crippen molar-refractivity contribution < 1.29 is 9.32 Å². The van der Waals surface area contributed by atoms with Crippen LogP contribution in [0.4, 0.5) is 0 Å². The molecule has 4 rings (SSSR count). The molecule has 0 saturated carbocycles. The van der Waals surface area contributed by atoms with Gasteiger partial charge >= 0.3 is 0 Å². The van der Waals surface area contributed by atoms with E-state index in [0.717, 1.165) is 9.48 Å². The van der Waals surface area contributed by atoms with E-state index in [0.29, 0.717) is 28.8 Å². The van der Waals surface area contributed by atoms with Crippen molar-refractivity contribution in [1.82, 2.24) is 30.2 Å². The molecule has 0 fully saturated rings. The average Bonchev–Trinajstić information content (AvgIpc) is 3.17. The molecule has 0 aromatic carbocycles. The molecule has 1 aliphatic rings. The smallest absolute Gasteiger partial charge is 0.278 e. The van der Waals surface area contributed by atoms with Gasteiger partial charge in [0.2, 0.25) is 5.82 Å². The highest BCUT2D eigenvalue weighted by molar-refractivity contribution is 9.10. The first-order valence-corrected chi connectivity index (χ1v) is 8.48. The van der Waals surface area contributed by atoms with Crippen LogP contribution >= 0.6 is 27.3 Å². The van der Waals surface area contributed by atoms with Crippen LogP contribution in [0.2, 0.25) is 0 Å². The minimum absolute atomic E-state index is 0.0386. The Bertz CT molecular complexity index is 894. The maximum Gasteiger partial charge on any atom is 0.278 e. The van der Waals surface area contributed by atoms with Crippen LogP contribution in [0.25, 0.3) is 22.4 Å². The molecule has 1 amide bonds. The van der Waals surface area contributed by atoms with Gasteiger partial charge in [-0.2, -0.15) is 10.1 Å². The lowest BCUT2D eigenvalue weighted by atomic mass is 10.2. The molecule has 10 heteroatoms. The topological polar surface area (TPSA) is 98.7 Å². The lowest BCUT2D eigenvalue weighted by molar-refractivity contribution is 0.0901. The first kappa shape index (κ1) is 14.5. The fraction of sp³-hybridized carbons (Fsp3) is 0.308. The van der Waals surface area contributed by atoms with E-state index in [4.69, 9.17) is 4.52 Å². The molecule has 1 N–H and O–H groups in total. The van der Waals surface area contributed by atoms with Crippen LogP contribution < -0.4 is 5.32 Å². The summed E-state index contributed by atoms with van der Waals surface area (Å²) in [5, 5.41) is 11.9. The largest absolute Gasteiger partial charge is 0.346 e. The maximum atomic E-state index is 12.0. The Morgan fingerprint density at radius 2 is 2.30 bits per heavy atom. The quantitative estimate of drug-likeness (QED) is 0.715. The summed E-state index contributed by atoms with van der Waals surface area (Å²) in [5.74, 6) is 0.524. The lowest BCUT2D eigenvalue weighted by Gasteiger charge is -2.20. The third kappa shape index (κ3) is 2.47. The van der Waals surface area contributed by atoms with E-state index in [1.54, 1.807) is 10.7 Å². The van der Waals surface area contributed by atoms with Crippen molar-refractivity contribution in [3.05, 3.63) is 21.2 Å². The van der Waals surface area contributed by atoms with Crippen LogP contribution in [-0.2, 0) is 6.54 Å². The van der Waals surface area contributed by atoms with Gasteiger partial charge < -0.3 is 9.84 Å². The van der Waals surface area contributed by atoms with Crippen LogP contribution in [0.1, 0.15) is 22.3 Å². The van der Waals surface area contributed by atoms with Gasteiger partial charge in [0.25, 0.3) is 11.8 Å². The average molecular weight is 395 g/mol. The van der Waals surface area contributed by atoms with Crippen molar-refractivity contribution in [2.45, 2.75) is 26.4 Å². The van der Waals surface area contributed by atoms with Crippen molar-refractivity contribution in [2.75, 3.05) is 0 Å². The van der Waals surface area contributed by atoms with Crippen LogP contribution in [0.15, 0.2) is 15.2 Å². The number of halogens is 1. The highest BCUT2D eigenvalue weighted by Gasteiger charge is 2.26. The molecule has 4 heterocycles. The number of thiazole rings is 1. The van der Waals surface area contributed by atoms with Gasteiger partial charge in [-0.3, -0.25) is 9.48 Å². The number of hydrogen-bond donors (Lipinski definition) is 1. The van der Waals surface area contributed by atoms with Gasteiger partial charge in [-0.15, -0.1) is 11.3 Å². The Morgan fingerprint density at radius 3 is 3.04 bits per heavy atom. The van der Waals surface area contributed by atoms with Crippen molar-refractivity contribution in [1.29, 1.82) is 0 Å². The minimum atomic E-state index is -0.151. The van der Waals surface area contributed by atoms with E-state index in [1.807, 2.05) is 13.8 Å². The summed E-state index contributed by atoms with van der Waals surface area (Å²) in [6.45, 7) is 4.49. The van der Waals surface area contributed by atoms with E-state index in [1.165, 1.54) is 11.3 Å². The number of aryl methyl sites for hydroxylation is 1. The Morgan fingerprint density at radius 1 is 1.48 bits per heavy atom. The molecule has 1 unspecified atom stereocenters.